The Morgan fingerprint density at radius 1 is 0.969 bits per heavy atom. The summed E-state index contributed by atoms with van der Waals surface area (Å²) in [7, 11) is 3.82. The summed E-state index contributed by atoms with van der Waals surface area (Å²) in [4.78, 5) is 9.40. The standard InChI is InChI=1S/C24H26N6O2/c1-28-8-10-29(11-9-28)17-6-7-22(32-2)19(13-17)21-15-27-30-23(25)20(14-26-24(21)30)16-4-3-5-18(31)12-16/h3-7,12-15,31H,8-11,25H2,1-2H3. The summed E-state index contributed by atoms with van der Waals surface area (Å²) in [5.41, 5.74) is 11.5. The monoisotopic (exact) mass is 430 g/mol. The highest BCUT2D eigenvalue weighted by Crippen LogP contribution is 2.37. The van der Waals surface area contributed by atoms with E-state index in [9.17, 15) is 5.11 Å². The maximum absolute atomic E-state index is 9.83. The molecule has 2 aromatic heterocycles. The summed E-state index contributed by atoms with van der Waals surface area (Å²) >= 11 is 0. The zero-order chi connectivity index (χ0) is 22.2. The molecular formula is C24H26N6O2. The van der Waals surface area contributed by atoms with E-state index in [1.807, 2.05) is 12.1 Å². The van der Waals surface area contributed by atoms with Crippen LogP contribution >= 0.6 is 0 Å². The van der Waals surface area contributed by atoms with E-state index in [2.05, 4.69) is 39.1 Å². The van der Waals surface area contributed by atoms with E-state index in [0.717, 1.165) is 54.3 Å². The van der Waals surface area contributed by atoms with Crippen LogP contribution in [0.2, 0.25) is 0 Å². The van der Waals surface area contributed by atoms with Gasteiger partial charge in [0.15, 0.2) is 5.65 Å². The molecule has 3 N–H and O–H groups in total. The van der Waals surface area contributed by atoms with Crippen molar-refractivity contribution < 1.29 is 9.84 Å². The molecular weight excluding hydrogens is 404 g/mol. The van der Waals surface area contributed by atoms with Crippen molar-refractivity contribution in [2.45, 2.75) is 0 Å². The molecule has 32 heavy (non-hydrogen) atoms. The Morgan fingerprint density at radius 3 is 2.53 bits per heavy atom. The molecule has 0 aliphatic carbocycles. The van der Waals surface area contributed by atoms with Crippen LogP contribution in [0.3, 0.4) is 0 Å². The van der Waals surface area contributed by atoms with Gasteiger partial charge in [0.25, 0.3) is 0 Å². The number of aromatic nitrogens is 3. The number of nitrogens with two attached hydrogens (primary N) is 1. The Kier molecular flexibility index (Phi) is 5.07. The van der Waals surface area contributed by atoms with Crippen molar-refractivity contribution in [2.24, 2.45) is 0 Å². The lowest BCUT2D eigenvalue weighted by atomic mass is 10.1. The molecule has 0 spiro atoms. The van der Waals surface area contributed by atoms with Gasteiger partial charge in [0.05, 0.1) is 18.9 Å². The molecule has 3 heterocycles. The van der Waals surface area contributed by atoms with Crippen molar-refractivity contribution in [3.8, 4) is 33.8 Å². The summed E-state index contributed by atoms with van der Waals surface area (Å²) in [6, 6.07) is 13.2. The molecule has 1 aliphatic heterocycles. The summed E-state index contributed by atoms with van der Waals surface area (Å²) in [5.74, 6) is 1.39. The molecule has 5 rings (SSSR count). The fourth-order valence-corrected chi connectivity index (χ4v) is 4.20. The molecule has 0 radical (unpaired) electrons. The average Bonchev–Trinajstić information content (AvgIpc) is 3.24. The number of methoxy groups -OCH3 is 1. The number of rotatable bonds is 4. The van der Waals surface area contributed by atoms with E-state index in [0.29, 0.717) is 17.0 Å². The molecule has 0 saturated carbocycles. The number of fused-ring (bicyclic) bond motifs is 1. The molecule has 0 atom stereocenters. The van der Waals surface area contributed by atoms with Crippen LogP contribution in [0.15, 0.2) is 54.9 Å². The van der Waals surface area contributed by atoms with Crippen LogP contribution < -0.4 is 15.4 Å². The van der Waals surface area contributed by atoms with Crippen molar-refractivity contribution >= 4 is 17.2 Å². The highest BCUT2D eigenvalue weighted by atomic mass is 16.5. The van der Waals surface area contributed by atoms with E-state index < -0.39 is 0 Å². The summed E-state index contributed by atoms with van der Waals surface area (Å²) in [5, 5.41) is 14.4. The second kappa shape index (κ2) is 8.05. The predicted octanol–water partition coefficient (Wildman–Crippen LogP) is 3.11. The van der Waals surface area contributed by atoms with Crippen molar-refractivity contribution in [1.82, 2.24) is 19.5 Å². The highest BCUT2D eigenvalue weighted by molar-refractivity contribution is 5.86. The molecule has 1 saturated heterocycles. The number of nitrogens with zero attached hydrogens (tertiary/aromatic N) is 5. The number of nitrogen functional groups attached to an aromatic ring is 1. The third-order valence-corrected chi connectivity index (χ3v) is 6.06. The Labute approximate surface area is 186 Å². The molecule has 8 heteroatoms. The van der Waals surface area contributed by atoms with Crippen LogP contribution in [0.1, 0.15) is 0 Å². The van der Waals surface area contributed by atoms with Gasteiger partial charge in [-0.25, -0.2) is 4.98 Å². The number of piperazine rings is 1. The third-order valence-electron chi connectivity index (χ3n) is 6.06. The predicted molar refractivity (Wildman–Crippen MR) is 126 cm³/mol. The van der Waals surface area contributed by atoms with Gasteiger partial charge < -0.3 is 25.4 Å². The van der Waals surface area contributed by atoms with Gasteiger partial charge in [-0.2, -0.15) is 9.61 Å². The smallest absolute Gasteiger partial charge is 0.165 e. The first kappa shape index (κ1) is 20.1. The van der Waals surface area contributed by atoms with Gasteiger partial charge in [-0.3, -0.25) is 0 Å². The molecule has 0 amide bonds. The molecule has 4 aromatic rings. The van der Waals surface area contributed by atoms with Gasteiger partial charge in [0.2, 0.25) is 0 Å². The average molecular weight is 431 g/mol. The minimum absolute atomic E-state index is 0.175. The Morgan fingerprint density at radius 2 is 1.78 bits per heavy atom. The van der Waals surface area contributed by atoms with Gasteiger partial charge in [-0.05, 0) is 42.9 Å². The lowest BCUT2D eigenvalue weighted by molar-refractivity contribution is 0.313. The first-order valence-electron chi connectivity index (χ1n) is 10.6. The number of ether oxygens (including phenoxy) is 1. The SMILES string of the molecule is COc1ccc(N2CCN(C)CC2)cc1-c1cnn2c(N)c(-c3cccc(O)c3)cnc12. The number of benzene rings is 2. The van der Waals surface area contributed by atoms with Crippen molar-refractivity contribution in [1.29, 1.82) is 0 Å². The van der Waals surface area contributed by atoms with Crippen molar-refractivity contribution in [3.05, 3.63) is 54.9 Å². The number of phenols is 1. The Bertz CT molecular complexity index is 1280. The molecule has 1 fully saturated rings. The lowest BCUT2D eigenvalue weighted by Gasteiger charge is -2.34. The third kappa shape index (κ3) is 3.48. The molecule has 8 nitrogen and oxygen atoms in total. The Hall–Kier alpha value is -3.78. The zero-order valence-corrected chi connectivity index (χ0v) is 18.2. The molecule has 2 aromatic carbocycles. The van der Waals surface area contributed by atoms with Crippen LogP contribution in [0.4, 0.5) is 11.5 Å². The number of likely N-dealkylation sites (N-methyl/N-ethyl adjacent to an activating group) is 1. The van der Waals surface area contributed by atoms with Gasteiger partial charge >= 0.3 is 0 Å². The molecule has 0 bridgehead atoms. The van der Waals surface area contributed by atoms with Crippen molar-refractivity contribution in [3.63, 3.8) is 0 Å². The molecule has 164 valence electrons. The zero-order valence-electron chi connectivity index (χ0n) is 18.2. The van der Waals surface area contributed by atoms with E-state index in [4.69, 9.17) is 10.5 Å². The number of phenolic OH excluding ortho intramolecular Hbond substituents is 1. The van der Waals surface area contributed by atoms with Crippen molar-refractivity contribution in [2.75, 3.05) is 51.0 Å². The number of hydrogen-bond acceptors (Lipinski definition) is 7. The van der Waals surface area contributed by atoms with Gasteiger partial charge in [-0.1, -0.05) is 12.1 Å². The summed E-state index contributed by atoms with van der Waals surface area (Å²) in [6.45, 7) is 4.03. The topological polar surface area (TPSA) is 92.2 Å². The Balaban J connectivity index is 1.59. The fraction of sp³-hybridized carbons (Fsp3) is 0.250. The summed E-state index contributed by atoms with van der Waals surface area (Å²) in [6.07, 6.45) is 3.50. The van der Waals surface area contributed by atoms with Crippen LogP contribution in [-0.2, 0) is 0 Å². The summed E-state index contributed by atoms with van der Waals surface area (Å²) < 4.78 is 7.30. The maximum atomic E-state index is 9.83. The van der Waals surface area contributed by atoms with E-state index in [1.165, 1.54) is 0 Å². The lowest BCUT2D eigenvalue weighted by Crippen LogP contribution is -2.44. The largest absolute Gasteiger partial charge is 0.508 e. The molecule has 1 aliphatic rings. The quantitative estimate of drug-likeness (QED) is 0.514. The van der Waals surface area contributed by atoms with Gasteiger partial charge in [0, 0.05) is 49.2 Å². The van der Waals surface area contributed by atoms with Crippen LogP contribution in [-0.4, -0.2) is 64.9 Å². The van der Waals surface area contributed by atoms with Crippen LogP contribution in [0, 0.1) is 0 Å². The second-order valence-corrected chi connectivity index (χ2v) is 8.08. The maximum Gasteiger partial charge on any atom is 0.165 e. The minimum Gasteiger partial charge on any atom is -0.508 e. The van der Waals surface area contributed by atoms with E-state index in [-0.39, 0.29) is 5.75 Å². The normalized spacial score (nSPS) is 14.8. The highest BCUT2D eigenvalue weighted by Gasteiger charge is 2.20. The van der Waals surface area contributed by atoms with E-state index >= 15 is 0 Å². The number of hydrogen-bond donors (Lipinski definition) is 2. The van der Waals surface area contributed by atoms with Gasteiger partial charge in [-0.15, -0.1) is 0 Å². The van der Waals surface area contributed by atoms with Gasteiger partial charge in [0.1, 0.15) is 17.3 Å². The fourth-order valence-electron chi connectivity index (χ4n) is 4.20. The second-order valence-electron chi connectivity index (χ2n) is 8.08. The number of aromatic hydroxyl groups is 1. The minimum atomic E-state index is 0.175. The molecule has 0 unspecified atom stereocenters. The number of anilines is 2. The van der Waals surface area contributed by atoms with Crippen LogP contribution in [0.5, 0.6) is 11.5 Å². The van der Waals surface area contributed by atoms with E-state index in [1.54, 1.807) is 42.2 Å². The first-order chi connectivity index (χ1) is 15.5. The van der Waals surface area contributed by atoms with Crippen LogP contribution in [0.25, 0.3) is 27.9 Å². The first-order valence-corrected chi connectivity index (χ1v) is 10.6.